The van der Waals surface area contributed by atoms with Gasteiger partial charge in [0.25, 0.3) is 0 Å². The number of halogens is 1. The van der Waals surface area contributed by atoms with Gasteiger partial charge in [-0.15, -0.1) is 5.10 Å². The number of aromatic nitrogens is 4. The number of nitrogens with zero attached hydrogens (tertiary/aromatic N) is 4. The zero-order valence-corrected chi connectivity index (χ0v) is 14.2. The van der Waals surface area contributed by atoms with Crippen LogP contribution in [0.2, 0.25) is 0 Å². The predicted molar refractivity (Wildman–Crippen MR) is 91.7 cm³/mol. The minimum absolute atomic E-state index is 0.154. The number of benzene rings is 1. The average molecular weight is 355 g/mol. The number of rotatable bonds is 4. The molecule has 2 atom stereocenters. The van der Waals surface area contributed by atoms with E-state index in [1.807, 2.05) is 6.92 Å². The van der Waals surface area contributed by atoms with Crippen LogP contribution in [0, 0.1) is 5.82 Å². The van der Waals surface area contributed by atoms with Crippen molar-refractivity contribution < 1.29 is 13.9 Å². The van der Waals surface area contributed by atoms with Crippen LogP contribution in [0.25, 0.3) is 16.9 Å². The van der Waals surface area contributed by atoms with Crippen molar-refractivity contribution in [1.29, 1.82) is 0 Å². The van der Waals surface area contributed by atoms with Gasteiger partial charge in [0.1, 0.15) is 18.2 Å². The average Bonchev–Trinajstić information content (AvgIpc) is 3.31. The summed E-state index contributed by atoms with van der Waals surface area (Å²) in [5.74, 6) is -0.0378. The molecule has 0 unspecified atom stereocenters. The van der Waals surface area contributed by atoms with E-state index in [0.29, 0.717) is 29.3 Å². The summed E-state index contributed by atoms with van der Waals surface area (Å²) in [7, 11) is 0. The summed E-state index contributed by atoms with van der Waals surface area (Å²) in [6, 6.07) is 7.73. The van der Waals surface area contributed by atoms with Gasteiger partial charge in [0.15, 0.2) is 11.5 Å². The second-order valence-electron chi connectivity index (χ2n) is 6.26. The van der Waals surface area contributed by atoms with E-state index in [4.69, 9.17) is 4.74 Å². The third-order valence-electron chi connectivity index (χ3n) is 4.36. The first-order chi connectivity index (χ1) is 12.6. The molecule has 1 saturated heterocycles. The second kappa shape index (κ2) is 6.80. The van der Waals surface area contributed by atoms with E-state index in [0.717, 1.165) is 12.8 Å². The van der Waals surface area contributed by atoms with Crippen LogP contribution in [0.5, 0.6) is 0 Å². The number of nitrogens with one attached hydrogen (secondary N) is 1. The maximum absolute atomic E-state index is 14.0. The highest BCUT2D eigenvalue weighted by Crippen LogP contribution is 2.21. The van der Waals surface area contributed by atoms with E-state index in [-0.39, 0.29) is 17.8 Å². The number of carbonyl (C=O) groups is 1. The van der Waals surface area contributed by atoms with Crippen LogP contribution in [0.4, 0.5) is 4.39 Å². The number of hydrogen-bond donors (Lipinski definition) is 1. The van der Waals surface area contributed by atoms with Gasteiger partial charge in [-0.3, -0.25) is 4.79 Å². The largest absolute Gasteiger partial charge is 0.368 e. The van der Waals surface area contributed by atoms with Gasteiger partial charge in [0.2, 0.25) is 5.91 Å². The van der Waals surface area contributed by atoms with E-state index in [1.54, 1.807) is 24.3 Å². The molecular formula is C18H18FN5O2. The molecule has 1 amide bonds. The molecule has 1 aliphatic rings. The SMILES string of the molecule is C[C@H](NC(=O)[C@H]1CCCO1)c1nc2cc(-c3ccccc3F)ncn2n1. The van der Waals surface area contributed by atoms with Gasteiger partial charge in [-0.2, -0.15) is 0 Å². The van der Waals surface area contributed by atoms with Crippen LogP contribution < -0.4 is 5.32 Å². The fourth-order valence-corrected chi connectivity index (χ4v) is 2.97. The predicted octanol–water partition coefficient (Wildman–Crippen LogP) is 2.29. The zero-order valence-electron chi connectivity index (χ0n) is 14.2. The Hall–Kier alpha value is -2.87. The van der Waals surface area contributed by atoms with Gasteiger partial charge in [-0.1, -0.05) is 12.1 Å². The maximum Gasteiger partial charge on any atom is 0.249 e. The third kappa shape index (κ3) is 3.15. The Kier molecular flexibility index (Phi) is 4.34. The van der Waals surface area contributed by atoms with E-state index < -0.39 is 6.10 Å². The highest BCUT2D eigenvalue weighted by atomic mass is 19.1. The molecule has 3 aromatic rings. The Bertz CT molecular complexity index is 952. The van der Waals surface area contributed by atoms with Gasteiger partial charge in [0.05, 0.1) is 11.7 Å². The first-order valence-corrected chi connectivity index (χ1v) is 8.51. The molecule has 0 spiro atoms. The normalized spacial score (nSPS) is 18.2. The standard InChI is InChI=1S/C18H18FN5O2/c1-11(21-18(25)15-7-4-8-26-15)17-22-16-9-14(20-10-24(16)23-17)12-5-2-3-6-13(12)19/h2-3,5-6,9-11,15H,4,7-8H2,1H3,(H,21,25)/t11-,15+/m0/s1. The summed E-state index contributed by atoms with van der Waals surface area (Å²) >= 11 is 0. The van der Waals surface area contributed by atoms with Crippen molar-refractivity contribution in [3.8, 4) is 11.3 Å². The molecule has 134 valence electrons. The van der Waals surface area contributed by atoms with Crippen LogP contribution in [-0.2, 0) is 9.53 Å². The molecule has 0 saturated carbocycles. The molecule has 0 aliphatic carbocycles. The first-order valence-electron chi connectivity index (χ1n) is 8.51. The molecule has 26 heavy (non-hydrogen) atoms. The topological polar surface area (TPSA) is 81.4 Å². The van der Waals surface area contributed by atoms with Crippen molar-refractivity contribution >= 4 is 11.6 Å². The Labute approximate surface area is 149 Å². The molecule has 0 radical (unpaired) electrons. The van der Waals surface area contributed by atoms with Crippen molar-refractivity contribution in [2.45, 2.75) is 31.9 Å². The number of ether oxygens (including phenoxy) is 1. The summed E-state index contributed by atoms with van der Waals surface area (Å²) in [5.41, 5.74) is 1.41. The molecule has 1 N–H and O–H groups in total. The van der Waals surface area contributed by atoms with Crippen molar-refractivity contribution in [1.82, 2.24) is 24.9 Å². The molecular weight excluding hydrogens is 337 g/mol. The highest BCUT2D eigenvalue weighted by molar-refractivity contribution is 5.81. The molecule has 1 fully saturated rings. The first kappa shape index (κ1) is 16.6. The molecule has 4 rings (SSSR count). The van der Waals surface area contributed by atoms with Crippen LogP contribution in [0.1, 0.15) is 31.6 Å². The van der Waals surface area contributed by atoms with Crippen molar-refractivity contribution in [2.24, 2.45) is 0 Å². The third-order valence-corrected chi connectivity index (χ3v) is 4.36. The van der Waals surface area contributed by atoms with Gasteiger partial charge < -0.3 is 10.1 Å². The molecule has 2 aromatic heterocycles. The van der Waals surface area contributed by atoms with Gasteiger partial charge in [0, 0.05) is 18.2 Å². The Balaban J connectivity index is 1.57. The fourth-order valence-electron chi connectivity index (χ4n) is 2.97. The minimum Gasteiger partial charge on any atom is -0.368 e. The summed E-state index contributed by atoms with van der Waals surface area (Å²) in [6.07, 6.45) is 2.71. The van der Waals surface area contributed by atoms with Gasteiger partial charge in [-0.25, -0.2) is 18.9 Å². The highest BCUT2D eigenvalue weighted by Gasteiger charge is 2.26. The van der Waals surface area contributed by atoms with Crippen LogP contribution in [0.3, 0.4) is 0 Å². The lowest BCUT2D eigenvalue weighted by Gasteiger charge is -2.14. The molecule has 7 nitrogen and oxygen atoms in total. The van der Waals surface area contributed by atoms with E-state index in [1.165, 1.54) is 16.9 Å². The van der Waals surface area contributed by atoms with Gasteiger partial charge in [-0.05, 0) is 31.9 Å². The summed E-state index contributed by atoms with van der Waals surface area (Å²) in [5, 5.41) is 7.22. The quantitative estimate of drug-likeness (QED) is 0.776. The van der Waals surface area contributed by atoms with E-state index in [9.17, 15) is 9.18 Å². The molecule has 3 heterocycles. The van der Waals surface area contributed by atoms with Crippen molar-refractivity contribution in [3.63, 3.8) is 0 Å². The lowest BCUT2D eigenvalue weighted by molar-refractivity contribution is -0.130. The Morgan fingerprint density at radius 1 is 1.42 bits per heavy atom. The Morgan fingerprint density at radius 3 is 3.04 bits per heavy atom. The second-order valence-corrected chi connectivity index (χ2v) is 6.26. The van der Waals surface area contributed by atoms with E-state index in [2.05, 4.69) is 20.4 Å². The zero-order chi connectivity index (χ0) is 18.1. The summed E-state index contributed by atoms with van der Waals surface area (Å²) in [4.78, 5) is 20.9. The summed E-state index contributed by atoms with van der Waals surface area (Å²) < 4.78 is 20.8. The fraction of sp³-hybridized carbons (Fsp3) is 0.333. The smallest absolute Gasteiger partial charge is 0.249 e. The summed E-state index contributed by atoms with van der Waals surface area (Å²) in [6.45, 7) is 2.43. The van der Waals surface area contributed by atoms with Crippen LogP contribution >= 0.6 is 0 Å². The Morgan fingerprint density at radius 2 is 2.27 bits per heavy atom. The van der Waals surface area contributed by atoms with E-state index >= 15 is 0 Å². The van der Waals surface area contributed by atoms with Crippen LogP contribution in [0.15, 0.2) is 36.7 Å². The lowest BCUT2D eigenvalue weighted by atomic mass is 10.1. The number of carbonyl (C=O) groups excluding carboxylic acids is 1. The van der Waals surface area contributed by atoms with Crippen LogP contribution in [-0.4, -0.2) is 38.2 Å². The number of fused-ring (bicyclic) bond motifs is 1. The number of hydrogen-bond acceptors (Lipinski definition) is 5. The maximum atomic E-state index is 14.0. The molecule has 8 heteroatoms. The molecule has 1 aliphatic heterocycles. The van der Waals surface area contributed by atoms with Gasteiger partial charge >= 0.3 is 0 Å². The van der Waals surface area contributed by atoms with Crippen molar-refractivity contribution in [2.75, 3.05) is 6.61 Å². The monoisotopic (exact) mass is 355 g/mol. The lowest BCUT2D eigenvalue weighted by Crippen LogP contribution is -2.36. The number of amides is 1. The minimum atomic E-state index is -0.399. The molecule has 0 bridgehead atoms. The van der Waals surface area contributed by atoms with Crippen molar-refractivity contribution in [3.05, 3.63) is 48.3 Å². The molecule has 1 aromatic carbocycles.